The fourth-order valence-electron chi connectivity index (χ4n) is 1.84. The lowest BCUT2D eigenvalue weighted by Crippen LogP contribution is -2.28. The number of thioether (sulfide) groups is 1. The van der Waals surface area contributed by atoms with Gasteiger partial charge in [-0.05, 0) is 36.4 Å². The third-order valence-electron chi connectivity index (χ3n) is 2.80. The van der Waals surface area contributed by atoms with Crippen LogP contribution >= 0.6 is 23.1 Å². The van der Waals surface area contributed by atoms with Gasteiger partial charge in [-0.15, -0.1) is 11.3 Å². The molecule has 1 aliphatic rings. The average Bonchev–Trinajstić information content (AvgIpc) is 3.10. The first-order chi connectivity index (χ1) is 10.3. The molecule has 5 nitrogen and oxygen atoms in total. The van der Waals surface area contributed by atoms with Crippen LogP contribution in [0, 0.1) is 0 Å². The Morgan fingerprint density at radius 2 is 2.33 bits per heavy atom. The van der Waals surface area contributed by atoms with Gasteiger partial charge in [0.25, 0.3) is 5.91 Å². The second-order valence-electron chi connectivity index (χ2n) is 4.16. The summed E-state index contributed by atoms with van der Waals surface area (Å²) in [7, 11) is 0. The summed E-state index contributed by atoms with van der Waals surface area (Å²) in [6.07, 6.45) is 6.98. The first kappa shape index (κ1) is 14.0. The number of carbonyl (C=O) groups excluding carboxylic acids is 1. The SMILES string of the molecule is CCN1C(=O)/C(=C/c2cccnc2)S/C1=N/c1nccs1. The number of amides is 1. The van der Waals surface area contributed by atoms with E-state index in [4.69, 9.17) is 0 Å². The maximum atomic E-state index is 12.4. The molecule has 3 rings (SSSR count). The molecule has 0 saturated carbocycles. The lowest BCUT2D eigenvalue weighted by atomic mass is 10.2. The summed E-state index contributed by atoms with van der Waals surface area (Å²) >= 11 is 2.82. The van der Waals surface area contributed by atoms with Crippen LogP contribution in [0.15, 0.2) is 46.0 Å². The molecule has 0 radical (unpaired) electrons. The van der Waals surface area contributed by atoms with Crippen LogP contribution in [0.1, 0.15) is 12.5 Å². The number of nitrogens with zero attached hydrogens (tertiary/aromatic N) is 4. The van der Waals surface area contributed by atoms with Crippen molar-refractivity contribution in [2.24, 2.45) is 4.99 Å². The second-order valence-corrected chi connectivity index (χ2v) is 6.04. The standard InChI is InChI=1S/C14H12N4OS2/c1-2-18-12(19)11(8-10-4-3-5-15-9-10)21-14(18)17-13-16-6-7-20-13/h3-9H,2H2,1H3/b11-8-,17-14+. The smallest absolute Gasteiger partial charge is 0.266 e. The number of thiazole rings is 1. The highest BCUT2D eigenvalue weighted by molar-refractivity contribution is 8.18. The Kier molecular flexibility index (Phi) is 4.12. The summed E-state index contributed by atoms with van der Waals surface area (Å²) in [6, 6.07) is 3.76. The highest BCUT2D eigenvalue weighted by Gasteiger charge is 2.32. The van der Waals surface area contributed by atoms with Gasteiger partial charge in [-0.1, -0.05) is 6.07 Å². The van der Waals surface area contributed by atoms with Gasteiger partial charge >= 0.3 is 0 Å². The van der Waals surface area contributed by atoms with Crippen LogP contribution < -0.4 is 0 Å². The molecule has 1 amide bonds. The van der Waals surface area contributed by atoms with Crippen molar-refractivity contribution in [3.05, 3.63) is 46.6 Å². The maximum Gasteiger partial charge on any atom is 0.266 e. The van der Waals surface area contributed by atoms with Gasteiger partial charge in [0.05, 0.1) is 4.91 Å². The van der Waals surface area contributed by atoms with Crippen LogP contribution in [-0.2, 0) is 4.79 Å². The van der Waals surface area contributed by atoms with E-state index in [1.54, 1.807) is 23.5 Å². The first-order valence-corrected chi connectivity index (χ1v) is 8.07. The molecular formula is C14H12N4OS2. The molecule has 0 bridgehead atoms. The van der Waals surface area contributed by atoms with Crippen molar-refractivity contribution in [3.8, 4) is 0 Å². The number of amidine groups is 1. The van der Waals surface area contributed by atoms with Crippen LogP contribution in [0.4, 0.5) is 5.13 Å². The first-order valence-electron chi connectivity index (χ1n) is 6.37. The summed E-state index contributed by atoms with van der Waals surface area (Å²) in [6.45, 7) is 2.52. The molecule has 2 aromatic heterocycles. The Morgan fingerprint density at radius 3 is 3.00 bits per heavy atom. The lowest BCUT2D eigenvalue weighted by Gasteiger charge is -2.11. The molecule has 0 spiro atoms. The van der Waals surface area contributed by atoms with E-state index in [-0.39, 0.29) is 5.91 Å². The van der Waals surface area contributed by atoms with E-state index in [1.807, 2.05) is 30.5 Å². The van der Waals surface area contributed by atoms with Crippen LogP contribution in [0.2, 0.25) is 0 Å². The Bertz CT molecular complexity index is 695. The van der Waals surface area contributed by atoms with Crippen molar-refractivity contribution in [1.29, 1.82) is 0 Å². The van der Waals surface area contributed by atoms with E-state index in [1.165, 1.54) is 23.1 Å². The molecule has 0 aliphatic carbocycles. The number of rotatable bonds is 3. The number of aromatic nitrogens is 2. The zero-order valence-electron chi connectivity index (χ0n) is 11.3. The molecule has 1 saturated heterocycles. The predicted octanol–water partition coefficient (Wildman–Crippen LogP) is 3.16. The van der Waals surface area contributed by atoms with Crippen molar-refractivity contribution in [1.82, 2.24) is 14.9 Å². The number of likely N-dealkylation sites (N-methyl/N-ethyl adjacent to an activating group) is 1. The van der Waals surface area contributed by atoms with Crippen LogP contribution in [0.25, 0.3) is 6.08 Å². The molecule has 106 valence electrons. The van der Waals surface area contributed by atoms with Crippen LogP contribution in [0.3, 0.4) is 0 Å². The minimum absolute atomic E-state index is 0.0262. The van der Waals surface area contributed by atoms with E-state index in [2.05, 4.69) is 15.0 Å². The van der Waals surface area contributed by atoms with Gasteiger partial charge in [0.1, 0.15) is 0 Å². The van der Waals surface area contributed by atoms with Crippen LogP contribution in [-0.4, -0.2) is 32.5 Å². The Balaban J connectivity index is 1.92. The maximum absolute atomic E-state index is 12.4. The summed E-state index contributed by atoms with van der Waals surface area (Å²) < 4.78 is 0. The van der Waals surface area contributed by atoms with E-state index >= 15 is 0 Å². The topological polar surface area (TPSA) is 58.5 Å². The van der Waals surface area contributed by atoms with E-state index in [0.717, 1.165) is 5.56 Å². The quantitative estimate of drug-likeness (QED) is 0.816. The van der Waals surface area contributed by atoms with E-state index < -0.39 is 0 Å². The predicted molar refractivity (Wildman–Crippen MR) is 86.4 cm³/mol. The van der Waals surface area contributed by atoms with Gasteiger partial charge in [0.2, 0.25) is 5.13 Å². The lowest BCUT2D eigenvalue weighted by molar-refractivity contribution is -0.122. The van der Waals surface area contributed by atoms with Gasteiger partial charge in [-0.2, -0.15) is 4.99 Å². The molecule has 0 atom stereocenters. The number of pyridine rings is 1. The third kappa shape index (κ3) is 3.03. The minimum atomic E-state index is -0.0262. The van der Waals surface area contributed by atoms with Gasteiger partial charge in [0.15, 0.2) is 5.17 Å². The van der Waals surface area contributed by atoms with Gasteiger partial charge in [0, 0.05) is 30.5 Å². The average molecular weight is 316 g/mol. The second kappa shape index (κ2) is 6.19. The summed E-state index contributed by atoms with van der Waals surface area (Å²) in [5.41, 5.74) is 0.903. The van der Waals surface area contributed by atoms with E-state index in [9.17, 15) is 4.79 Å². The Hall–Kier alpha value is -1.99. The molecule has 1 fully saturated rings. The normalized spacial score (nSPS) is 18.9. The number of hydrogen-bond donors (Lipinski definition) is 0. The molecule has 7 heteroatoms. The molecule has 0 N–H and O–H groups in total. The molecule has 3 heterocycles. The third-order valence-corrected chi connectivity index (χ3v) is 4.47. The van der Waals surface area contributed by atoms with Crippen molar-refractivity contribution in [2.45, 2.75) is 6.92 Å². The summed E-state index contributed by atoms with van der Waals surface area (Å²) in [5, 5.41) is 3.20. The highest BCUT2D eigenvalue weighted by Crippen LogP contribution is 2.34. The zero-order valence-corrected chi connectivity index (χ0v) is 12.9. The summed E-state index contributed by atoms with van der Waals surface area (Å²) in [4.78, 5) is 27.3. The molecule has 0 unspecified atom stereocenters. The van der Waals surface area contributed by atoms with E-state index in [0.29, 0.717) is 21.7 Å². The van der Waals surface area contributed by atoms with Gasteiger partial charge < -0.3 is 0 Å². The Labute approximate surface area is 130 Å². The molecule has 21 heavy (non-hydrogen) atoms. The molecular weight excluding hydrogens is 304 g/mol. The van der Waals surface area contributed by atoms with Crippen molar-refractivity contribution in [3.63, 3.8) is 0 Å². The summed E-state index contributed by atoms with van der Waals surface area (Å²) in [5.74, 6) is -0.0262. The fraction of sp³-hybridized carbons (Fsp3) is 0.143. The number of hydrogen-bond acceptors (Lipinski definition) is 6. The number of carbonyl (C=O) groups is 1. The highest BCUT2D eigenvalue weighted by atomic mass is 32.2. The molecule has 1 aliphatic heterocycles. The zero-order chi connectivity index (χ0) is 14.7. The minimum Gasteiger partial charge on any atom is -0.287 e. The number of aliphatic imine (C=N–C) groups is 1. The largest absolute Gasteiger partial charge is 0.287 e. The molecule has 2 aromatic rings. The Morgan fingerprint density at radius 1 is 1.43 bits per heavy atom. The monoisotopic (exact) mass is 316 g/mol. The van der Waals surface area contributed by atoms with Crippen molar-refractivity contribution < 1.29 is 4.79 Å². The van der Waals surface area contributed by atoms with Gasteiger partial charge in [-0.25, -0.2) is 4.98 Å². The van der Waals surface area contributed by atoms with Crippen LogP contribution in [0.5, 0.6) is 0 Å². The van der Waals surface area contributed by atoms with Gasteiger partial charge in [-0.3, -0.25) is 14.7 Å². The molecule has 0 aromatic carbocycles. The van der Waals surface area contributed by atoms with Crippen molar-refractivity contribution in [2.75, 3.05) is 6.54 Å². The fourth-order valence-corrected chi connectivity index (χ4v) is 3.44. The van der Waals surface area contributed by atoms with Crippen molar-refractivity contribution >= 4 is 45.4 Å².